The second-order valence-electron chi connectivity index (χ2n) is 7.30. The van der Waals surface area contributed by atoms with Crippen LogP contribution in [0.2, 0.25) is 0 Å². The zero-order chi connectivity index (χ0) is 22.2. The summed E-state index contributed by atoms with van der Waals surface area (Å²) in [5, 5.41) is 1.02. The van der Waals surface area contributed by atoms with Crippen molar-refractivity contribution in [2.75, 3.05) is 10.5 Å². The quantitative estimate of drug-likeness (QED) is 0.643. The van der Waals surface area contributed by atoms with E-state index >= 15 is 0 Å². The summed E-state index contributed by atoms with van der Waals surface area (Å²) in [6.45, 7) is 5.15. The van der Waals surface area contributed by atoms with E-state index in [0.717, 1.165) is 5.56 Å². The Morgan fingerprint density at radius 3 is 2.55 bits per heavy atom. The van der Waals surface area contributed by atoms with Crippen molar-refractivity contribution >= 4 is 21.8 Å². The SMILES string of the molecule is CCS(=O)(=O)Nc1ccc(Oc2ccc(C)cc2)c(-c2cn(C)c(=O)c3c2=C[CH]N=3)c1. The number of pyridine rings is 1. The van der Waals surface area contributed by atoms with Crippen LogP contribution in [0.3, 0.4) is 0 Å². The van der Waals surface area contributed by atoms with Gasteiger partial charge in [0.15, 0.2) is 0 Å². The second kappa shape index (κ2) is 8.03. The van der Waals surface area contributed by atoms with Gasteiger partial charge in [0.25, 0.3) is 5.56 Å². The maximum atomic E-state index is 12.5. The highest BCUT2D eigenvalue weighted by Gasteiger charge is 2.17. The molecule has 0 amide bonds. The highest BCUT2D eigenvalue weighted by molar-refractivity contribution is 7.92. The molecule has 0 saturated carbocycles. The summed E-state index contributed by atoms with van der Waals surface area (Å²) in [4.78, 5) is 16.6. The van der Waals surface area contributed by atoms with Crippen LogP contribution in [0, 0.1) is 13.5 Å². The average Bonchev–Trinajstić information content (AvgIpc) is 3.23. The minimum atomic E-state index is -3.45. The van der Waals surface area contributed by atoms with E-state index in [2.05, 4.69) is 9.71 Å². The van der Waals surface area contributed by atoms with E-state index in [-0.39, 0.29) is 11.3 Å². The summed E-state index contributed by atoms with van der Waals surface area (Å²) in [6, 6.07) is 12.7. The summed E-state index contributed by atoms with van der Waals surface area (Å²) < 4.78 is 34.4. The van der Waals surface area contributed by atoms with Crippen LogP contribution in [0.5, 0.6) is 11.5 Å². The lowest BCUT2D eigenvalue weighted by atomic mass is 10.0. The normalized spacial score (nSPS) is 12.6. The molecule has 1 radical (unpaired) electrons. The van der Waals surface area contributed by atoms with Crippen LogP contribution in [0.15, 0.2) is 58.4 Å². The first kappa shape index (κ1) is 20.9. The molecule has 1 N–H and O–H groups in total. The zero-order valence-corrected chi connectivity index (χ0v) is 18.2. The fourth-order valence-corrected chi connectivity index (χ4v) is 3.93. The standard InChI is InChI=1S/C23H22N3O4S/c1-4-31(28,29)25-16-7-10-21(30-17-8-5-15(2)6-9-17)19(13-16)20-14-26(3)23(27)22-18(20)11-12-24-22/h5-14,25H,4H2,1-3H3. The molecule has 2 heterocycles. The fourth-order valence-electron chi connectivity index (χ4n) is 3.30. The number of fused-ring (bicyclic) bond motifs is 1. The number of rotatable bonds is 6. The highest BCUT2D eigenvalue weighted by atomic mass is 32.2. The van der Waals surface area contributed by atoms with Gasteiger partial charge in [0, 0.05) is 35.3 Å². The van der Waals surface area contributed by atoms with Crippen LogP contribution >= 0.6 is 0 Å². The monoisotopic (exact) mass is 436 g/mol. The third kappa shape index (κ3) is 4.25. The molecule has 4 rings (SSSR count). The maximum Gasteiger partial charge on any atom is 0.276 e. The van der Waals surface area contributed by atoms with Gasteiger partial charge in [-0.3, -0.25) is 14.5 Å². The molecule has 0 aliphatic carbocycles. The molecule has 159 valence electrons. The largest absolute Gasteiger partial charge is 0.457 e. The molecular formula is C23H22N3O4S. The van der Waals surface area contributed by atoms with Gasteiger partial charge in [-0.1, -0.05) is 17.7 Å². The number of ether oxygens (including phenoxy) is 1. The molecular weight excluding hydrogens is 414 g/mol. The van der Waals surface area contributed by atoms with Crippen molar-refractivity contribution in [2.45, 2.75) is 13.8 Å². The predicted octanol–water partition coefficient (Wildman–Crippen LogP) is 2.49. The zero-order valence-electron chi connectivity index (χ0n) is 17.4. The molecule has 31 heavy (non-hydrogen) atoms. The Kier molecular flexibility index (Phi) is 5.41. The number of hydrogen-bond donors (Lipinski definition) is 1. The van der Waals surface area contributed by atoms with E-state index in [4.69, 9.17) is 4.74 Å². The summed E-state index contributed by atoms with van der Waals surface area (Å²) in [6.07, 6.45) is 3.48. The van der Waals surface area contributed by atoms with Gasteiger partial charge < -0.3 is 9.30 Å². The molecule has 0 spiro atoms. The predicted molar refractivity (Wildman–Crippen MR) is 121 cm³/mol. The van der Waals surface area contributed by atoms with Crippen molar-refractivity contribution in [3.8, 4) is 22.6 Å². The van der Waals surface area contributed by atoms with Crippen molar-refractivity contribution in [1.82, 2.24) is 4.57 Å². The van der Waals surface area contributed by atoms with Crippen molar-refractivity contribution in [3.05, 3.63) is 81.7 Å². The molecule has 1 aliphatic heterocycles. The number of sulfonamides is 1. The Morgan fingerprint density at radius 1 is 1.10 bits per heavy atom. The smallest absolute Gasteiger partial charge is 0.276 e. The molecule has 0 bridgehead atoms. The number of nitrogens with one attached hydrogen (secondary N) is 1. The van der Waals surface area contributed by atoms with Crippen LogP contribution < -0.4 is 25.6 Å². The van der Waals surface area contributed by atoms with Crippen LogP contribution in [0.4, 0.5) is 5.69 Å². The lowest BCUT2D eigenvalue weighted by Crippen LogP contribution is -2.43. The molecule has 2 aromatic carbocycles. The number of nitrogens with zero attached hydrogens (tertiary/aromatic N) is 2. The van der Waals surface area contributed by atoms with Crippen LogP contribution in [-0.2, 0) is 17.1 Å². The van der Waals surface area contributed by atoms with Gasteiger partial charge in [0.1, 0.15) is 16.9 Å². The molecule has 1 aromatic heterocycles. The van der Waals surface area contributed by atoms with Crippen LogP contribution in [0.25, 0.3) is 17.2 Å². The Morgan fingerprint density at radius 2 is 1.84 bits per heavy atom. The summed E-state index contributed by atoms with van der Waals surface area (Å²) in [5.41, 5.74) is 2.68. The summed E-state index contributed by atoms with van der Waals surface area (Å²) in [7, 11) is -1.80. The van der Waals surface area contributed by atoms with Gasteiger partial charge in [-0.05, 0) is 50.3 Å². The van der Waals surface area contributed by atoms with E-state index in [9.17, 15) is 13.2 Å². The molecule has 0 saturated heterocycles. The number of aryl methyl sites for hydroxylation is 2. The third-order valence-corrected chi connectivity index (χ3v) is 6.31. The average molecular weight is 437 g/mol. The molecule has 0 fully saturated rings. The van der Waals surface area contributed by atoms with E-state index in [1.165, 1.54) is 4.57 Å². The van der Waals surface area contributed by atoms with Gasteiger partial charge in [0.2, 0.25) is 10.0 Å². The van der Waals surface area contributed by atoms with Gasteiger partial charge in [-0.15, -0.1) is 0 Å². The minimum Gasteiger partial charge on any atom is -0.457 e. The van der Waals surface area contributed by atoms with Crippen LogP contribution in [-0.4, -0.2) is 18.7 Å². The first-order valence-electron chi connectivity index (χ1n) is 9.78. The van der Waals surface area contributed by atoms with Gasteiger partial charge >= 0.3 is 0 Å². The van der Waals surface area contributed by atoms with E-state index < -0.39 is 10.0 Å². The molecule has 1 aliphatic rings. The van der Waals surface area contributed by atoms with Gasteiger partial charge in [0.05, 0.1) is 12.3 Å². The number of hydrogen-bond acceptors (Lipinski definition) is 5. The molecule has 8 heteroatoms. The van der Waals surface area contributed by atoms with E-state index in [1.54, 1.807) is 51.0 Å². The van der Waals surface area contributed by atoms with Crippen molar-refractivity contribution in [3.63, 3.8) is 0 Å². The van der Waals surface area contributed by atoms with Gasteiger partial charge in [-0.25, -0.2) is 8.42 Å². The second-order valence-corrected chi connectivity index (χ2v) is 9.31. The fraction of sp³-hybridized carbons (Fsp3) is 0.174. The number of aromatic nitrogens is 1. The van der Waals surface area contributed by atoms with Gasteiger partial charge in [-0.2, -0.15) is 0 Å². The Labute approximate surface area is 180 Å². The van der Waals surface area contributed by atoms with Crippen molar-refractivity contribution in [1.29, 1.82) is 0 Å². The van der Waals surface area contributed by atoms with E-state index in [0.29, 0.717) is 38.9 Å². The lowest BCUT2D eigenvalue weighted by Gasteiger charge is -2.15. The highest BCUT2D eigenvalue weighted by Crippen LogP contribution is 2.34. The molecule has 0 atom stereocenters. The Bertz CT molecular complexity index is 1440. The first-order valence-corrected chi connectivity index (χ1v) is 11.4. The Hall–Kier alpha value is -3.39. The van der Waals surface area contributed by atoms with Crippen LogP contribution in [0.1, 0.15) is 12.5 Å². The molecule has 0 unspecified atom stereocenters. The topological polar surface area (TPSA) is 89.8 Å². The first-order chi connectivity index (χ1) is 14.8. The summed E-state index contributed by atoms with van der Waals surface area (Å²) >= 11 is 0. The molecule has 7 nitrogen and oxygen atoms in total. The number of anilines is 1. The van der Waals surface area contributed by atoms with Crippen molar-refractivity contribution < 1.29 is 13.2 Å². The molecule has 3 aromatic rings. The number of benzene rings is 2. The summed E-state index contributed by atoms with van der Waals surface area (Å²) in [5.74, 6) is 1.14. The van der Waals surface area contributed by atoms with Crippen molar-refractivity contribution in [2.24, 2.45) is 12.0 Å². The maximum absolute atomic E-state index is 12.5. The lowest BCUT2D eigenvalue weighted by molar-refractivity contribution is 0.484. The van der Waals surface area contributed by atoms with E-state index in [1.807, 2.05) is 31.2 Å². The Balaban J connectivity index is 1.91. The third-order valence-electron chi connectivity index (χ3n) is 5.01. The minimum absolute atomic E-state index is 0.0409.